The van der Waals surface area contributed by atoms with E-state index in [-0.39, 0.29) is 5.91 Å². The van der Waals surface area contributed by atoms with Crippen LogP contribution in [0.15, 0.2) is 97.1 Å². The van der Waals surface area contributed by atoms with E-state index < -0.39 is 0 Å². The van der Waals surface area contributed by atoms with Crippen LogP contribution in [0, 0.1) is 6.92 Å². The molecule has 0 saturated carbocycles. The Labute approximate surface area is 201 Å². The first-order valence-corrected chi connectivity index (χ1v) is 11.5. The van der Waals surface area contributed by atoms with Crippen LogP contribution >= 0.6 is 0 Å². The largest absolute Gasteiger partial charge is 0.494 e. The van der Waals surface area contributed by atoms with Crippen LogP contribution in [-0.4, -0.2) is 17.5 Å². The number of benzene rings is 3. The molecule has 0 fully saturated rings. The molecule has 5 heteroatoms. The summed E-state index contributed by atoms with van der Waals surface area (Å²) in [6.07, 6.45) is 0. The van der Waals surface area contributed by atoms with Gasteiger partial charge in [-0.25, -0.2) is 4.98 Å². The van der Waals surface area contributed by atoms with Gasteiger partial charge in [0.15, 0.2) is 0 Å². The van der Waals surface area contributed by atoms with Gasteiger partial charge in [-0.15, -0.1) is 0 Å². The molecule has 0 aliphatic rings. The summed E-state index contributed by atoms with van der Waals surface area (Å²) in [4.78, 5) is 19.9. The summed E-state index contributed by atoms with van der Waals surface area (Å²) < 4.78 is 5.51. The lowest BCUT2D eigenvalue weighted by Gasteiger charge is -2.25. The molecule has 1 N–H and O–H groups in total. The van der Waals surface area contributed by atoms with E-state index in [0.29, 0.717) is 23.6 Å². The van der Waals surface area contributed by atoms with Crippen molar-refractivity contribution < 1.29 is 9.53 Å². The minimum Gasteiger partial charge on any atom is -0.494 e. The maximum absolute atomic E-state index is 12.8. The van der Waals surface area contributed by atoms with Crippen molar-refractivity contribution in [3.05, 3.63) is 119 Å². The van der Waals surface area contributed by atoms with Gasteiger partial charge in [0.25, 0.3) is 5.91 Å². The minimum absolute atomic E-state index is 0.190. The van der Waals surface area contributed by atoms with E-state index in [9.17, 15) is 4.79 Å². The molecule has 0 spiro atoms. The molecule has 4 rings (SSSR count). The van der Waals surface area contributed by atoms with Crippen molar-refractivity contribution in [2.75, 3.05) is 16.8 Å². The summed E-state index contributed by atoms with van der Waals surface area (Å²) in [5.41, 5.74) is 4.42. The number of hydrogen-bond acceptors (Lipinski definition) is 4. The number of anilines is 2. The van der Waals surface area contributed by atoms with Gasteiger partial charge in [-0.05, 0) is 55.3 Å². The lowest BCUT2D eigenvalue weighted by atomic mass is 10.1. The van der Waals surface area contributed by atoms with Crippen molar-refractivity contribution in [3.8, 4) is 5.75 Å². The second kappa shape index (κ2) is 11.1. The SMILES string of the molecule is CCOc1cccc(C(=O)Nc2ccc(N(Cc3ccccc3)Cc3ccccc3)nc2C)c1. The molecule has 172 valence electrons. The Kier molecular flexibility index (Phi) is 7.56. The lowest BCUT2D eigenvalue weighted by Crippen LogP contribution is -2.23. The highest BCUT2D eigenvalue weighted by Crippen LogP contribution is 2.23. The highest BCUT2D eigenvalue weighted by atomic mass is 16.5. The zero-order chi connectivity index (χ0) is 23.8. The van der Waals surface area contributed by atoms with Gasteiger partial charge in [0.2, 0.25) is 0 Å². The third-order valence-electron chi connectivity index (χ3n) is 5.48. The zero-order valence-electron chi connectivity index (χ0n) is 19.6. The second-order valence-electron chi connectivity index (χ2n) is 8.04. The summed E-state index contributed by atoms with van der Waals surface area (Å²) in [7, 11) is 0. The number of amides is 1. The number of rotatable bonds is 9. The standard InChI is InChI=1S/C29H29N3O2/c1-3-34-26-16-10-15-25(19-26)29(33)31-27-17-18-28(30-22(27)2)32(20-23-11-6-4-7-12-23)21-24-13-8-5-9-14-24/h4-19H,3,20-21H2,1-2H3,(H,31,33). The van der Waals surface area contributed by atoms with E-state index in [2.05, 4.69) is 34.5 Å². The van der Waals surface area contributed by atoms with Crippen molar-refractivity contribution in [1.29, 1.82) is 0 Å². The van der Waals surface area contributed by atoms with Crippen LogP contribution in [-0.2, 0) is 13.1 Å². The molecular formula is C29H29N3O2. The van der Waals surface area contributed by atoms with Crippen LogP contribution < -0.4 is 15.0 Å². The average molecular weight is 452 g/mol. The quantitative estimate of drug-likeness (QED) is 0.327. The molecule has 0 radical (unpaired) electrons. The predicted molar refractivity (Wildman–Crippen MR) is 137 cm³/mol. The highest BCUT2D eigenvalue weighted by molar-refractivity contribution is 6.04. The molecule has 0 saturated heterocycles. The first-order valence-electron chi connectivity index (χ1n) is 11.5. The van der Waals surface area contributed by atoms with Gasteiger partial charge in [0.05, 0.1) is 18.0 Å². The predicted octanol–water partition coefficient (Wildman–Crippen LogP) is 6.25. The Morgan fingerprint density at radius 1 is 0.853 bits per heavy atom. The summed E-state index contributed by atoms with van der Waals surface area (Å²) in [5.74, 6) is 1.35. The van der Waals surface area contributed by atoms with Crippen LogP contribution in [0.2, 0.25) is 0 Å². The minimum atomic E-state index is -0.190. The Hall–Kier alpha value is -4.12. The van der Waals surface area contributed by atoms with Crippen LogP contribution in [0.4, 0.5) is 11.5 Å². The number of aromatic nitrogens is 1. The second-order valence-corrected chi connectivity index (χ2v) is 8.04. The topological polar surface area (TPSA) is 54.5 Å². The molecular weight excluding hydrogens is 422 g/mol. The number of aryl methyl sites for hydroxylation is 1. The van der Waals surface area contributed by atoms with Crippen molar-refractivity contribution in [3.63, 3.8) is 0 Å². The van der Waals surface area contributed by atoms with Crippen molar-refractivity contribution in [1.82, 2.24) is 4.98 Å². The van der Waals surface area contributed by atoms with Gasteiger partial charge in [-0.2, -0.15) is 0 Å². The number of carbonyl (C=O) groups excluding carboxylic acids is 1. The molecule has 0 aliphatic heterocycles. The molecule has 34 heavy (non-hydrogen) atoms. The number of carbonyl (C=O) groups is 1. The first-order chi connectivity index (χ1) is 16.6. The highest BCUT2D eigenvalue weighted by Gasteiger charge is 2.14. The normalized spacial score (nSPS) is 10.5. The van der Waals surface area contributed by atoms with Crippen LogP contribution in [0.5, 0.6) is 5.75 Å². The van der Waals surface area contributed by atoms with Gasteiger partial charge in [-0.1, -0.05) is 66.7 Å². The molecule has 0 bridgehead atoms. The van der Waals surface area contributed by atoms with Crippen LogP contribution in [0.25, 0.3) is 0 Å². The third-order valence-corrected chi connectivity index (χ3v) is 5.48. The molecule has 1 amide bonds. The third kappa shape index (κ3) is 6.01. The molecule has 0 unspecified atom stereocenters. The summed E-state index contributed by atoms with van der Waals surface area (Å²) in [6.45, 7) is 5.86. The number of hydrogen-bond donors (Lipinski definition) is 1. The van der Waals surface area contributed by atoms with Crippen molar-refractivity contribution in [2.45, 2.75) is 26.9 Å². The molecule has 0 atom stereocenters. The molecule has 1 heterocycles. The van der Waals surface area contributed by atoms with Gasteiger partial charge in [0.1, 0.15) is 11.6 Å². The number of pyridine rings is 1. The lowest BCUT2D eigenvalue weighted by molar-refractivity contribution is 0.102. The van der Waals surface area contributed by atoms with E-state index in [1.165, 1.54) is 11.1 Å². The van der Waals surface area contributed by atoms with Crippen LogP contribution in [0.3, 0.4) is 0 Å². The Morgan fingerprint density at radius 2 is 1.50 bits per heavy atom. The molecule has 4 aromatic rings. The fourth-order valence-corrected chi connectivity index (χ4v) is 3.77. The maximum Gasteiger partial charge on any atom is 0.255 e. The van der Waals surface area contributed by atoms with E-state index in [1.807, 2.05) is 74.5 Å². The fraction of sp³-hybridized carbons (Fsp3) is 0.172. The Morgan fingerprint density at radius 3 is 2.09 bits per heavy atom. The average Bonchev–Trinajstić information content (AvgIpc) is 2.86. The van der Waals surface area contributed by atoms with Gasteiger partial charge < -0.3 is 15.0 Å². The zero-order valence-corrected chi connectivity index (χ0v) is 19.6. The summed E-state index contributed by atoms with van der Waals surface area (Å²) >= 11 is 0. The molecule has 1 aromatic heterocycles. The molecule has 5 nitrogen and oxygen atoms in total. The van der Waals surface area contributed by atoms with Gasteiger partial charge in [0, 0.05) is 18.7 Å². The van der Waals surface area contributed by atoms with E-state index >= 15 is 0 Å². The Balaban J connectivity index is 1.55. The van der Waals surface area contributed by atoms with Crippen molar-refractivity contribution >= 4 is 17.4 Å². The van der Waals surface area contributed by atoms with E-state index in [0.717, 1.165) is 24.6 Å². The van der Waals surface area contributed by atoms with Gasteiger partial charge in [-0.3, -0.25) is 4.79 Å². The number of ether oxygens (including phenoxy) is 1. The fourth-order valence-electron chi connectivity index (χ4n) is 3.77. The smallest absolute Gasteiger partial charge is 0.255 e. The number of nitrogens with zero attached hydrogens (tertiary/aromatic N) is 2. The Bertz CT molecular complexity index is 1190. The summed E-state index contributed by atoms with van der Waals surface area (Å²) in [5, 5.41) is 2.99. The molecule has 3 aromatic carbocycles. The maximum atomic E-state index is 12.8. The van der Waals surface area contributed by atoms with Crippen molar-refractivity contribution in [2.24, 2.45) is 0 Å². The summed E-state index contributed by atoms with van der Waals surface area (Å²) in [6, 6.07) is 31.8. The monoisotopic (exact) mass is 451 g/mol. The van der Waals surface area contributed by atoms with Crippen LogP contribution in [0.1, 0.15) is 34.1 Å². The molecule has 0 aliphatic carbocycles. The first kappa shape index (κ1) is 23.1. The number of nitrogens with one attached hydrogen (secondary N) is 1. The van der Waals surface area contributed by atoms with Gasteiger partial charge >= 0.3 is 0 Å². The van der Waals surface area contributed by atoms with E-state index in [4.69, 9.17) is 9.72 Å². The van der Waals surface area contributed by atoms with E-state index in [1.54, 1.807) is 12.1 Å².